The van der Waals surface area contributed by atoms with Crippen LogP contribution in [0.2, 0.25) is 0 Å². The molecular weight excluding hydrogens is 488 g/mol. The number of hydrogen-bond acceptors (Lipinski definition) is 9. The Labute approximate surface area is 213 Å². The van der Waals surface area contributed by atoms with Gasteiger partial charge in [-0.3, -0.25) is 9.63 Å². The number of carbonyl (C=O) groups excluding carboxylic acids is 1. The molecule has 0 spiro atoms. The number of aliphatic carboxylic acids is 2. The van der Waals surface area contributed by atoms with Crippen LogP contribution in [0.1, 0.15) is 32.3 Å². The number of methoxy groups -OCH3 is 1. The van der Waals surface area contributed by atoms with Crippen molar-refractivity contribution in [3.8, 4) is 0 Å². The third-order valence-electron chi connectivity index (χ3n) is 5.93. The molecular formula is C23H34N6O8. The topological polar surface area (TPSA) is 169 Å². The van der Waals surface area contributed by atoms with Gasteiger partial charge in [0.15, 0.2) is 0 Å². The quantitative estimate of drug-likeness (QED) is 0.320. The van der Waals surface area contributed by atoms with Crippen LogP contribution in [-0.4, -0.2) is 96.7 Å². The number of aromatic nitrogens is 4. The summed E-state index contributed by atoms with van der Waals surface area (Å²) >= 11 is 0. The van der Waals surface area contributed by atoms with Gasteiger partial charge in [-0.2, -0.15) is 9.36 Å². The lowest BCUT2D eigenvalue weighted by atomic mass is 9.87. The van der Waals surface area contributed by atoms with E-state index in [4.69, 9.17) is 29.4 Å². The molecule has 0 aliphatic carbocycles. The molecule has 0 atom stereocenters. The minimum absolute atomic E-state index is 0.135. The van der Waals surface area contributed by atoms with E-state index >= 15 is 0 Å². The van der Waals surface area contributed by atoms with Crippen LogP contribution in [0.4, 0.5) is 0 Å². The summed E-state index contributed by atoms with van der Waals surface area (Å²) in [4.78, 5) is 51.1. The molecule has 3 rings (SSSR count). The number of likely N-dealkylation sites (tertiary alicyclic amines) is 1. The Morgan fingerprint density at radius 1 is 1.03 bits per heavy atom. The van der Waals surface area contributed by atoms with Gasteiger partial charge in [0.2, 0.25) is 5.91 Å². The van der Waals surface area contributed by atoms with Crippen molar-refractivity contribution in [3.63, 3.8) is 0 Å². The fourth-order valence-corrected chi connectivity index (χ4v) is 4.02. The van der Waals surface area contributed by atoms with Gasteiger partial charge in [-0.15, -0.1) is 0 Å². The van der Waals surface area contributed by atoms with Gasteiger partial charge in [0.25, 0.3) is 0 Å². The number of nitrogens with zero attached hydrogens (tertiary/aromatic N) is 6. The van der Waals surface area contributed by atoms with E-state index in [1.54, 1.807) is 7.11 Å². The maximum absolute atomic E-state index is 12.5. The van der Waals surface area contributed by atoms with E-state index in [2.05, 4.69) is 15.3 Å². The average molecular weight is 523 g/mol. The molecule has 0 bridgehead atoms. The van der Waals surface area contributed by atoms with Crippen molar-refractivity contribution >= 4 is 17.8 Å². The fraction of sp³-hybridized carbons (Fsp3) is 0.565. The molecule has 1 saturated heterocycles. The molecule has 2 N–H and O–H groups in total. The first-order valence-corrected chi connectivity index (χ1v) is 11.8. The third kappa shape index (κ3) is 8.48. The molecule has 0 radical (unpaired) electrons. The van der Waals surface area contributed by atoms with Crippen molar-refractivity contribution < 1.29 is 34.2 Å². The first kappa shape index (κ1) is 29.6. The lowest BCUT2D eigenvalue weighted by Crippen LogP contribution is -2.59. The van der Waals surface area contributed by atoms with Crippen molar-refractivity contribution in [2.75, 3.05) is 33.4 Å². The molecule has 0 unspecified atom stereocenters. The Bertz CT molecular complexity index is 1070. The number of tetrazole rings is 1. The zero-order valence-corrected chi connectivity index (χ0v) is 21.3. The van der Waals surface area contributed by atoms with Crippen molar-refractivity contribution in [1.82, 2.24) is 29.8 Å². The summed E-state index contributed by atoms with van der Waals surface area (Å²) < 4.78 is 8.24. The molecule has 1 amide bonds. The number of ether oxygens (including phenoxy) is 1. The second-order valence-corrected chi connectivity index (χ2v) is 8.48. The Hall–Kier alpha value is -3.62. The average Bonchev–Trinajstić information content (AvgIpc) is 3.24. The molecule has 2 heterocycles. The normalized spacial score (nSPS) is 14.9. The Balaban J connectivity index is 0.000000717. The lowest BCUT2D eigenvalue weighted by molar-refractivity contribution is -0.243. The van der Waals surface area contributed by atoms with Crippen LogP contribution in [0.15, 0.2) is 35.1 Å². The van der Waals surface area contributed by atoms with Gasteiger partial charge in [0, 0.05) is 40.2 Å². The van der Waals surface area contributed by atoms with Crippen LogP contribution < -0.4 is 5.69 Å². The highest BCUT2D eigenvalue weighted by molar-refractivity contribution is 6.27. The summed E-state index contributed by atoms with van der Waals surface area (Å²) in [5.74, 6) is -3.78. The summed E-state index contributed by atoms with van der Waals surface area (Å²) in [6.45, 7) is 7.32. The molecule has 2 aromatic rings. The number of benzene rings is 1. The molecule has 204 valence electrons. The standard InChI is InChI=1S/C21H32N6O4.C2H2O4/c1-4-25-20(29)26(23-22-25)15-14-24-12-10-21(11-13-24,17-30-3)27(18(2)28)31-16-19-8-6-5-7-9-19;3-1(4)2(5)6/h5-9H,4,10-17H2,1-3H3;(H,3,4)(H,5,6). The van der Waals surface area contributed by atoms with Crippen LogP contribution in [0.3, 0.4) is 0 Å². The van der Waals surface area contributed by atoms with E-state index in [0.717, 1.165) is 18.7 Å². The second-order valence-electron chi connectivity index (χ2n) is 8.48. The van der Waals surface area contributed by atoms with Gasteiger partial charge in [-0.05, 0) is 35.8 Å². The maximum Gasteiger partial charge on any atom is 0.414 e. The minimum atomic E-state index is -1.82. The zero-order valence-electron chi connectivity index (χ0n) is 21.3. The molecule has 1 fully saturated rings. The van der Waals surface area contributed by atoms with Crippen molar-refractivity contribution in [3.05, 3.63) is 46.4 Å². The highest BCUT2D eigenvalue weighted by atomic mass is 16.7. The molecule has 14 heteroatoms. The van der Waals surface area contributed by atoms with Gasteiger partial charge in [0.05, 0.1) is 18.7 Å². The van der Waals surface area contributed by atoms with Gasteiger partial charge in [-0.1, -0.05) is 30.3 Å². The van der Waals surface area contributed by atoms with Crippen LogP contribution in [-0.2, 0) is 43.7 Å². The highest BCUT2D eigenvalue weighted by Gasteiger charge is 2.43. The summed E-state index contributed by atoms with van der Waals surface area (Å²) in [6, 6.07) is 9.79. The number of hydrogen-bond donors (Lipinski definition) is 2. The van der Waals surface area contributed by atoms with E-state index < -0.39 is 17.5 Å². The van der Waals surface area contributed by atoms with Crippen LogP contribution in [0.25, 0.3) is 0 Å². The highest BCUT2D eigenvalue weighted by Crippen LogP contribution is 2.30. The van der Waals surface area contributed by atoms with Crippen LogP contribution in [0.5, 0.6) is 0 Å². The number of hydroxylamine groups is 2. The summed E-state index contributed by atoms with van der Waals surface area (Å²) in [6.07, 6.45) is 1.43. The lowest BCUT2D eigenvalue weighted by Gasteiger charge is -2.46. The summed E-state index contributed by atoms with van der Waals surface area (Å²) in [5.41, 5.74) is 0.295. The largest absolute Gasteiger partial charge is 0.473 e. The predicted octanol–water partition coefficient (Wildman–Crippen LogP) is 0.0766. The third-order valence-corrected chi connectivity index (χ3v) is 5.93. The predicted molar refractivity (Wildman–Crippen MR) is 129 cm³/mol. The van der Waals surface area contributed by atoms with Crippen molar-refractivity contribution in [2.24, 2.45) is 0 Å². The van der Waals surface area contributed by atoms with Gasteiger partial charge >= 0.3 is 17.6 Å². The molecule has 37 heavy (non-hydrogen) atoms. The molecule has 1 aliphatic heterocycles. The van der Waals surface area contributed by atoms with E-state index in [1.165, 1.54) is 21.4 Å². The van der Waals surface area contributed by atoms with Gasteiger partial charge < -0.3 is 19.8 Å². The van der Waals surface area contributed by atoms with Crippen molar-refractivity contribution in [1.29, 1.82) is 0 Å². The molecule has 0 saturated carbocycles. The number of rotatable bonds is 10. The molecule has 1 aromatic carbocycles. The van der Waals surface area contributed by atoms with Crippen LogP contribution >= 0.6 is 0 Å². The van der Waals surface area contributed by atoms with E-state index in [0.29, 0.717) is 45.7 Å². The molecule has 14 nitrogen and oxygen atoms in total. The van der Waals surface area contributed by atoms with Gasteiger partial charge in [-0.25, -0.2) is 19.4 Å². The summed E-state index contributed by atoms with van der Waals surface area (Å²) in [7, 11) is 1.65. The number of carbonyl (C=O) groups is 3. The minimum Gasteiger partial charge on any atom is -0.473 e. The first-order chi connectivity index (χ1) is 17.6. The van der Waals surface area contributed by atoms with Gasteiger partial charge in [0.1, 0.15) is 6.61 Å². The number of carboxylic acid groups (broad SMARTS) is 2. The smallest absolute Gasteiger partial charge is 0.414 e. The zero-order chi connectivity index (χ0) is 27.4. The van der Waals surface area contributed by atoms with E-state index in [1.807, 2.05) is 37.3 Å². The number of carboxylic acids is 2. The SMILES string of the molecule is CCn1nnn(CCN2CCC(COC)(N(OCc3ccccc3)C(C)=O)CC2)c1=O.O=C(O)C(=O)O. The Morgan fingerprint density at radius 2 is 1.62 bits per heavy atom. The molecule has 1 aliphatic rings. The monoisotopic (exact) mass is 522 g/mol. The number of aryl methyl sites for hydroxylation is 1. The second kappa shape index (κ2) is 14.2. The fourth-order valence-electron chi connectivity index (χ4n) is 4.02. The number of amides is 1. The first-order valence-electron chi connectivity index (χ1n) is 11.8. The molecule has 1 aromatic heterocycles. The maximum atomic E-state index is 12.5. The number of piperidine rings is 1. The van der Waals surface area contributed by atoms with Crippen molar-refractivity contribution in [2.45, 2.75) is 51.9 Å². The van der Waals surface area contributed by atoms with E-state index in [-0.39, 0.29) is 11.6 Å². The Kier molecular flexibility index (Phi) is 11.4. The Morgan fingerprint density at radius 3 is 2.11 bits per heavy atom. The van der Waals surface area contributed by atoms with E-state index in [9.17, 15) is 9.59 Å². The van der Waals surface area contributed by atoms with Crippen LogP contribution in [0, 0.1) is 0 Å². The summed E-state index contributed by atoms with van der Waals surface area (Å²) in [5, 5.41) is 24.1.